The van der Waals surface area contributed by atoms with Crippen LogP contribution in [0.4, 0.5) is 0 Å². The maximum Gasteiger partial charge on any atom is 0.267 e. The molecule has 26 heavy (non-hydrogen) atoms. The lowest BCUT2D eigenvalue weighted by Crippen LogP contribution is -2.36. The topological polar surface area (TPSA) is 87.8 Å². The maximum atomic E-state index is 12.2. The molecule has 1 aliphatic rings. The van der Waals surface area contributed by atoms with Gasteiger partial charge in [-0.3, -0.25) is 9.59 Å². The molecule has 1 aromatic carbocycles. The van der Waals surface area contributed by atoms with E-state index in [4.69, 9.17) is 5.26 Å². The monoisotopic (exact) mass is 350 g/mol. The van der Waals surface area contributed by atoms with Gasteiger partial charge in [0.25, 0.3) is 5.56 Å². The number of hydrogen-bond acceptors (Lipinski definition) is 4. The zero-order valence-electron chi connectivity index (χ0n) is 14.6. The molecule has 2 aromatic rings. The second kappa shape index (κ2) is 8.43. The van der Waals surface area contributed by atoms with Crippen LogP contribution < -0.4 is 10.9 Å². The third-order valence-corrected chi connectivity index (χ3v) is 4.85. The van der Waals surface area contributed by atoms with Crippen LogP contribution in [0.2, 0.25) is 0 Å². The standard InChI is InChI=1S/C20H22N4O2/c21-12-15-6-8-16(9-7-15)13-22-19(25)14-24-20(26)11-10-18(23-24)17-4-2-1-3-5-17/h1-5,10-11,15-16H,6-9,13-14H2,(H,22,25). The predicted molar refractivity (Wildman–Crippen MR) is 98.0 cm³/mol. The molecule has 0 saturated heterocycles. The van der Waals surface area contributed by atoms with Crippen molar-refractivity contribution in [3.63, 3.8) is 0 Å². The highest BCUT2D eigenvalue weighted by Crippen LogP contribution is 2.27. The maximum absolute atomic E-state index is 12.2. The molecule has 0 spiro atoms. The van der Waals surface area contributed by atoms with Crippen molar-refractivity contribution < 1.29 is 4.79 Å². The van der Waals surface area contributed by atoms with E-state index in [9.17, 15) is 9.59 Å². The molecule has 1 N–H and O–H groups in total. The Hall–Kier alpha value is -2.94. The smallest absolute Gasteiger partial charge is 0.267 e. The van der Waals surface area contributed by atoms with Gasteiger partial charge < -0.3 is 5.32 Å². The van der Waals surface area contributed by atoms with E-state index in [1.165, 1.54) is 10.7 Å². The first-order valence-electron chi connectivity index (χ1n) is 8.95. The van der Waals surface area contributed by atoms with Crippen LogP contribution in [0.5, 0.6) is 0 Å². The van der Waals surface area contributed by atoms with Crippen LogP contribution in [-0.4, -0.2) is 22.2 Å². The van der Waals surface area contributed by atoms with E-state index in [-0.39, 0.29) is 23.9 Å². The minimum absolute atomic E-state index is 0.0902. The Labute approximate surface area is 152 Å². The zero-order chi connectivity index (χ0) is 18.4. The lowest BCUT2D eigenvalue weighted by atomic mass is 9.83. The quantitative estimate of drug-likeness (QED) is 0.896. The molecule has 1 amide bonds. The molecule has 0 radical (unpaired) electrons. The molecule has 1 heterocycles. The van der Waals surface area contributed by atoms with Gasteiger partial charge in [0.1, 0.15) is 6.54 Å². The van der Waals surface area contributed by atoms with E-state index >= 15 is 0 Å². The van der Waals surface area contributed by atoms with Gasteiger partial charge in [0.2, 0.25) is 5.91 Å². The third kappa shape index (κ3) is 4.57. The molecule has 134 valence electrons. The van der Waals surface area contributed by atoms with Crippen molar-refractivity contribution in [1.29, 1.82) is 5.26 Å². The number of carbonyl (C=O) groups is 1. The van der Waals surface area contributed by atoms with Crippen molar-refractivity contribution in [2.75, 3.05) is 6.54 Å². The van der Waals surface area contributed by atoms with Crippen molar-refractivity contribution in [1.82, 2.24) is 15.1 Å². The van der Waals surface area contributed by atoms with E-state index in [0.717, 1.165) is 31.2 Å². The van der Waals surface area contributed by atoms with Crippen LogP contribution in [0.3, 0.4) is 0 Å². The van der Waals surface area contributed by atoms with Gasteiger partial charge >= 0.3 is 0 Å². The highest BCUT2D eigenvalue weighted by Gasteiger charge is 2.21. The number of rotatable bonds is 5. The van der Waals surface area contributed by atoms with E-state index < -0.39 is 0 Å². The van der Waals surface area contributed by atoms with Gasteiger partial charge in [-0.15, -0.1) is 0 Å². The van der Waals surface area contributed by atoms with Gasteiger partial charge in [-0.1, -0.05) is 30.3 Å². The summed E-state index contributed by atoms with van der Waals surface area (Å²) in [7, 11) is 0. The van der Waals surface area contributed by atoms with Crippen molar-refractivity contribution in [2.45, 2.75) is 32.2 Å². The summed E-state index contributed by atoms with van der Waals surface area (Å²) in [4.78, 5) is 24.2. The van der Waals surface area contributed by atoms with Gasteiger partial charge in [-0.05, 0) is 37.7 Å². The number of amides is 1. The molecular formula is C20H22N4O2. The number of carbonyl (C=O) groups excluding carboxylic acids is 1. The summed E-state index contributed by atoms with van der Waals surface area (Å²) < 4.78 is 1.20. The minimum atomic E-state index is -0.297. The molecule has 1 aromatic heterocycles. The summed E-state index contributed by atoms with van der Waals surface area (Å²) in [5.41, 5.74) is 1.26. The fourth-order valence-electron chi connectivity index (χ4n) is 3.27. The average Bonchev–Trinajstić information content (AvgIpc) is 2.69. The normalized spacial score (nSPS) is 19.5. The summed E-state index contributed by atoms with van der Waals surface area (Å²) in [6.45, 7) is 0.497. The largest absolute Gasteiger partial charge is 0.354 e. The predicted octanol–water partition coefficient (Wildman–Crippen LogP) is 2.36. The third-order valence-electron chi connectivity index (χ3n) is 4.85. The Morgan fingerprint density at radius 1 is 1.15 bits per heavy atom. The molecule has 0 aliphatic heterocycles. The molecule has 0 bridgehead atoms. The minimum Gasteiger partial charge on any atom is -0.354 e. The molecule has 0 atom stereocenters. The number of benzene rings is 1. The van der Waals surface area contributed by atoms with Crippen molar-refractivity contribution in [3.05, 3.63) is 52.8 Å². The molecule has 3 rings (SSSR count). The van der Waals surface area contributed by atoms with Gasteiger partial charge in [0.15, 0.2) is 0 Å². The van der Waals surface area contributed by atoms with Gasteiger partial charge in [0.05, 0.1) is 11.8 Å². The molecule has 1 saturated carbocycles. The molecular weight excluding hydrogens is 328 g/mol. The first-order valence-corrected chi connectivity index (χ1v) is 8.95. The SMILES string of the molecule is N#CC1CCC(CNC(=O)Cn2nc(-c3ccccc3)ccc2=O)CC1. The summed E-state index contributed by atoms with van der Waals surface area (Å²) >= 11 is 0. The molecule has 6 heteroatoms. The van der Waals surface area contributed by atoms with E-state index in [1.54, 1.807) is 6.07 Å². The van der Waals surface area contributed by atoms with Crippen LogP contribution in [0.1, 0.15) is 25.7 Å². The van der Waals surface area contributed by atoms with E-state index in [1.807, 2.05) is 30.3 Å². The van der Waals surface area contributed by atoms with Crippen molar-refractivity contribution in [2.24, 2.45) is 11.8 Å². The zero-order valence-corrected chi connectivity index (χ0v) is 14.6. The second-order valence-corrected chi connectivity index (χ2v) is 6.73. The summed E-state index contributed by atoms with van der Waals surface area (Å²) in [5, 5.41) is 16.1. The number of hydrogen-bond donors (Lipinski definition) is 1. The lowest BCUT2D eigenvalue weighted by Gasteiger charge is -2.24. The fraction of sp³-hybridized carbons (Fsp3) is 0.400. The Morgan fingerprint density at radius 2 is 1.88 bits per heavy atom. The first kappa shape index (κ1) is 17.9. The lowest BCUT2D eigenvalue weighted by molar-refractivity contribution is -0.122. The Balaban J connectivity index is 1.58. The van der Waals surface area contributed by atoms with E-state index in [2.05, 4.69) is 16.5 Å². The number of nitrogens with one attached hydrogen (secondary N) is 1. The summed E-state index contributed by atoms with van der Waals surface area (Å²) in [6.07, 6.45) is 3.72. The Morgan fingerprint density at radius 3 is 2.58 bits per heavy atom. The van der Waals surface area contributed by atoms with Crippen LogP contribution in [-0.2, 0) is 11.3 Å². The number of aromatic nitrogens is 2. The number of nitriles is 1. The van der Waals surface area contributed by atoms with Crippen molar-refractivity contribution in [3.8, 4) is 17.3 Å². The molecule has 1 aliphatic carbocycles. The highest BCUT2D eigenvalue weighted by molar-refractivity contribution is 5.75. The van der Waals surface area contributed by atoms with Gasteiger partial charge in [-0.25, -0.2) is 4.68 Å². The van der Waals surface area contributed by atoms with Gasteiger partial charge in [0, 0.05) is 24.1 Å². The van der Waals surface area contributed by atoms with Crippen LogP contribution in [0, 0.1) is 23.2 Å². The van der Waals surface area contributed by atoms with Crippen molar-refractivity contribution >= 4 is 5.91 Å². The van der Waals surface area contributed by atoms with Crippen LogP contribution in [0.25, 0.3) is 11.3 Å². The molecule has 0 unspecified atom stereocenters. The summed E-state index contributed by atoms with van der Waals surface area (Å²) in [6, 6.07) is 15.0. The Bertz CT molecular complexity index is 846. The average molecular weight is 350 g/mol. The first-order chi connectivity index (χ1) is 12.7. The van der Waals surface area contributed by atoms with Gasteiger partial charge in [-0.2, -0.15) is 10.4 Å². The second-order valence-electron chi connectivity index (χ2n) is 6.73. The molecule has 1 fully saturated rings. The molecule has 6 nitrogen and oxygen atoms in total. The summed E-state index contributed by atoms with van der Waals surface area (Å²) in [5.74, 6) is 0.349. The fourth-order valence-corrected chi connectivity index (χ4v) is 3.27. The van der Waals surface area contributed by atoms with E-state index in [0.29, 0.717) is 18.2 Å². The highest BCUT2D eigenvalue weighted by atomic mass is 16.2. The van der Waals surface area contributed by atoms with Crippen LogP contribution >= 0.6 is 0 Å². The Kier molecular flexibility index (Phi) is 5.80. The van der Waals surface area contributed by atoms with Crippen LogP contribution in [0.15, 0.2) is 47.3 Å². The number of nitrogens with zero attached hydrogens (tertiary/aromatic N) is 3.